The molecule has 20 heavy (non-hydrogen) atoms. The summed E-state index contributed by atoms with van der Waals surface area (Å²) in [6.45, 7) is 0. The maximum atomic E-state index is 10.6. The molecule has 0 spiro atoms. The third-order valence-corrected chi connectivity index (χ3v) is 3.49. The van der Waals surface area contributed by atoms with E-state index in [9.17, 15) is 5.11 Å². The number of rotatable bonds is 4. The van der Waals surface area contributed by atoms with Gasteiger partial charge in [0, 0.05) is 12.0 Å². The first-order chi connectivity index (χ1) is 9.79. The fourth-order valence-corrected chi connectivity index (χ4v) is 2.53. The SMILES string of the molecule is COc1ccc2ccccc2c1C(O)Cc1ccoc1. The quantitative estimate of drug-likeness (QED) is 0.784. The van der Waals surface area contributed by atoms with Gasteiger partial charge in [0.25, 0.3) is 0 Å². The van der Waals surface area contributed by atoms with Crippen molar-refractivity contribution in [2.45, 2.75) is 12.5 Å². The van der Waals surface area contributed by atoms with E-state index in [1.54, 1.807) is 19.6 Å². The van der Waals surface area contributed by atoms with E-state index in [1.165, 1.54) is 0 Å². The van der Waals surface area contributed by atoms with Crippen LogP contribution in [0, 0.1) is 0 Å². The molecule has 3 rings (SSSR count). The van der Waals surface area contributed by atoms with Crippen LogP contribution in [0.15, 0.2) is 59.4 Å². The molecule has 0 amide bonds. The van der Waals surface area contributed by atoms with Crippen molar-refractivity contribution in [1.82, 2.24) is 0 Å². The second-order valence-electron chi connectivity index (χ2n) is 4.75. The van der Waals surface area contributed by atoms with Gasteiger partial charge in [0.05, 0.1) is 25.7 Å². The summed E-state index contributed by atoms with van der Waals surface area (Å²) in [4.78, 5) is 0. The molecule has 0 saturated carbocycles. The normalized spacial score (nSPS) is 12.5. The lowest BCUT2D eigenvalue weighted by atomic mass is 9.96. The van der Waals surface area contributed by atoms with Crippen LogP contribution in [0.2, 0.25) is 0 Å². The van der Waals surface area contributed by atoms with E-state index in [4.69, 9.17) is 9.15 Å². The molecule has 0 bridgehead atoms. The summed E-state index contributed by atoms with van der Waals surface area (Å²) < 4.78 is 10.5. The van der Waals surface area contributed by atoms with Gasteiger partial charge >= 0.3 is 0 Å². The number of benzene rings is 2. The van der Waals surface area contributed by atoms with Crippen LogP contribution >= 0.6 is 0 Å². The Bertz CT molecular complexity index is 701. The number of aliphatic hydroxyl groups excluding tert-OH is 1. The lowest BCUT2D eigenvalue weighted by Crippen LogP contribution is -2.04. The van der Waals surface area contributed by atoms with Crippen LogP contribution in [0.4, 0.5) is 0 Å². The first-order valence-electron chi connectivity index (χ1n) is 6.54. The van der Waals surface area contributed by atoms with Gasteiger partial charge in [0.2, 0.25) is 0 Å². The van der Waals surface area contributed by atoms with Gasteiger partial charge in [0.15, 0.2) is 0 Å². The third-order valence-electron chi connectivity index (χ3n) is 3.49. The van der Waals surface area contributed by atoms with Gasteiger partial charge < -0.3 is 14.3 Å². The van der Waals surface area contributed by atoms with E-state index < -0.39 is 6.10 Å². The predicted molar refractivity (Wildman–Crippen MR) is 77.9 cm³/mol. The Morgan fingerprint density at radius 1 is 1.15 bits per heavy atom. The molecule has 0 aliphatic carbocycles. The molecule has 1 heterocycles. The Morgan fingerprint density at radius 3 is 2.75 bits per heavy atom. The fraction of sp³-hybridized carbons (Fsp3) is 0.176. The molecule has 3 heteroatoms. The molecule has 2 aromatic carbocycles. The molecule has 102 valence electrons. The second kappa shape index (κ2) is 5.39. The summed E-state index contributed by atoms with van der Waals surface area (Å²) in [7, 11) is 1.62. The standard InChI is InChI=1S/C17H16O3/c1-19-16-7-6-13-4-2-3-5-14(13)17(16)15(18)10-12-8-9-20-11-12/h2-9,11,15,18H,10H2,1H3. The van der Waals surface area contributed by atoms with Gasteiger partial charge in [-0.05, 0) is 28.5 Å². The van der Waals surface area contributed by atoms with Crippen molar-refractivity contribution in [3.63, 3.8) is 0 Å². The highest BCUT2D eigenvalue weighted by Crippen LogP contribution is 2.34. The largest absolute Gasteiger partial charge is 0.496 e. The molecule has 1 unspecified atom stereocenters. The lowest BCUT2D eigenvalue weighted by molar-refractivity contribution is 0.175. The summed E-state index contributed by atoms with van der Waals surface area (Å²) >= 11 is 0. The molecule has 0 aliphatic heterocycles. The predicted octanol–water partition coefficient (Wildman–Crippen LogP) is 3.72. The van der Waals surface area contributed by atoms with Crippen molar-refractivity contribution in [2.24, 2.45) is 0 Å². The maximum absolute atomic E-state index is 10.6. The molecule has 3 nitrogen and oxygen atoms in total. The van der Waals surface area contributed by atoms with Crippen LogP contribution in [0.5, 0.6) is 5.75 Å². The van der Waals surface area contributed by atoms with E-state index in [0.29, 0.717) is 12.2 Å². The molecule has 0 radical (unpaired) electrons. The van der Waals surface area contributed by atoms with E-state index >= 15 is 0 Å². The monoisotopic (exact) mass is 268 g/mol. The highest BCUT2D eigenvalue weighted by atomic mass is 16.5. The van der Waals surface area contributed by atoms with Crippen LogP contribution < -0.4 is 4.74 Å². The summed E-state index contributed by atoms with van der Waals surface area (Å²) in [5.41, 5.74) is 1.79. The highest BCUT2D eigenvalue weighted by Gasteiger charge is 2.17. The summed E-state index contributed by atoms with van der Waals surface area (Å²) in [6, 6.07) is 13.8. The average Bonchev–Trinajstić information content (AvgIpc) is 2.98. The average molecular weight is 268 g/mol. The zero-order chi connectivity index (χ0) is 13.9. The Morgan fingerprint density at radius 2 is 2.00 bits per heavy atom. The highest BCUT2D eigenvalue weighted by molar-refractivity contribution is 5.88. The Hall–Kier alpha value is -2.26. The topological polar surface area (TPSA) is 42.6 Å². The van der Waals surface area contributed by atoms with Crippen molar-refractivity contribution in [3.8, 4) is 5.75 Å². The Balaban J connectivity index is 2.08. The molecule has 1 aromatic heterocycles. The molecular formula is C17H16O3. The third kappa shape index (κ3) is 2.28. The minimum atomic E-state index is -0.631. The van der Waals surface area contributed by atoms with Gasteiger partial charge in [-0.3, -0.25) is 0 Å². The van der Waals surface area contributed by atoms with Gasteiger partial charge in [-0.15, -0.1) is 0 Å². The molecule has 0 saturated heterocycles. The molecule has 3 aromatic rings. The number of hydrogen-bond donors (Lipinski definition) is 1. The van der Waals surface area contributed by atoms with Gasteiger partial charge in [-0.25, -0.2) is 0 Å². The molecular weight excluding hydrogens is 252 g/mol. The summed E-state index contributed by atoms with van der Waals surface area (Å²) in [5.74, 6) is 0.708. The number of fused-ring (bicyclic) bond motifs is 1. The first-order valence-corrected chi connectivity index (χ1v) is 6.54. The van der Waals surface area contributed by atoms with Crippen molar-refractivity contribution in [1.29, 1.82) is 0 Å². The number of methoxy groups -OCH3 is 1. The van der Waals surface area contributed by atoms with E-state index in [2.05, 4.69) is 0 Å². The smallest absolute Gasteiger partial charge is 0.125 e. The zero-order valence-electron chi connectivity index (χ0n) is 11.2. The van der Waals surface area contributed by atoms with E-state index in [-0.39, 0.29) is 0 Å². The number of aliphatic hydroxyl groups is 1. The second-order valence-corrected chi connectivity index (χ2v) is 4.75. The fourth-order valence-electron chi connectivity index (χ4n) is 2.53. The van der Waals surface area contributed by atoms with Crippen LogP contribution in [0.25, 0.3) is 10.8 Å². The summed E-state index contributed by atoms with van der Waals surface area (Å²) in [6.07, 6.45) is 3.14. The van der Waals surface area contributed by atoms with Crippen molar-refractivity contribution in [2.75, 3.05) is 7.11 Å². The first kappa shape index (κ1) is 12.8. The van der Waals surface area contributed by atoms with Crippen LogP contribution in [0.1, 0.15) is 17.2 Å². The zero-order valence-corrected chi connectivity index (χ0v) is 11.2. The van der Waals surface area contributed by atoms with Crippen LogP contribution in [-0.2, 0) is 6.42 Å². The summed E-state index contributed by atoms with van der Waals surface area (Å²) in [5, 5.41) is 12.7. The van der Waals surface area contributed by atoms with E-state index in [1.807, 2.05) is 42.5 Å². The van der Waals surface area contributed by atoms with Crippen LogP contribution in [-0.4, -0.2) is 12.2 Å². The number of furan rings is 1. The maximum Gasteiger partial charge on any atom is 0.125 e. The molecule has 1 atom stereocenters. The number of hydrogen-bond acceptors (Lipinski definition) is 3. The van der Waals surface area contributed by atoms with Crippen molar-refractivity contribution in [3.05, 3.63) is 66.1 Å². The minimum absolute atomic E-state index is 0.501. The molecule has 0 aliphatic rings. The molecule has 1 N–H and O–H groups in total. The Labute approximate surface area is 117 Å². The minimum Gasteiger partial charge on any atom is -0.496 e. The van der Waals surface area contributed by atoms with Gasteiger partial charge in [-0.1, -0.05) is 30.3 Å². The lowest BCUT2D eigenvalue weighted by Gasteiger charge is -2.17. The van der Waals surface area contributed by atoms with Crippen LogP contribution in [0.3, 0.4) is 0 Å². The van der Waals surface area contributed by atoms with Gasteiger partial charge in [-0.2, -0.15) is 0 Å². The number of ether oxygens (including phenoxy) is 1. The van der Waals surface area contributed by atoms with Gasteiger partial charge in [0.1, 0.15) is 5.75 Å². The van der Waals surface area contributed by atoms with Crippen molar-refractivity contribution < 1.29 is 14.3 Å². The Kier molecular flexibility index (Phi) is 3.44. The van der Waals surface area contributed by atoms with Crippen molar-refractivity contribution >= 4 is 10.8 Å². The van der Waals surface area contributed by atoms with E-state index in [0.717, 1.165) is 21.9 Å². The molecule has 0 fully saturated rings.